The highest BCUT2D eigenvalue weighted by Gasteiger charge is 2.29. The van der Waals surface area contributed by atoms with E-state index >= 15 is 0 Å². The first-order chi connectivity index (χ1) is 11.7. The summed E-state index contributed by atoms with van der Waals surface area (Å²) in [6.07, 6.45) is 4.80. The lowest BCUT2D eigenvalue weighted by Gasteiger charge is -2.02. The predicted molar refractivity (Wildman–Crippen MR) is 95.6 cm³/mol. The number of thiazole rings is 1. The molecule has 0 spiro atoms. The van der Waals surface area contributed by atoms with Gasteiger partial charge in [0, 0.05) is 17.5 Å². The van der Waals surface area contributed by atoms with E-state index in [1.54, 1.807) is 18.3 Å². The van der Waals surface area contributed by atoms with Crippen LogP contribution in [-0.2, 0) is 6.42 Å². The van der Waals surface area contributed by atoms with Gasteiger partial charge < -0.3 is 0 Å². The minimum Gasteiger partial charge on any atom is -0.297 e. The molecule has 3 aromatic rings. The van der Waals surface area contributed by atoms with E-state index in [0.29, 0.717) is 17.5 Å². The maximum absolute atomic E-state index is 12.9. The molecule has 0 atom stereocenters. The third-order valence-corrected chi connectivity index (χ3v) is 5.83. The molecule has 2 heterocycles. The zero-order valence-electron chi connectivity index (χ0n) is 12.8. The fourth-order valence-corrected chi connectivity index (χ4v) is 4.35. The SMILES string of the molecule is O=C(Nc1ncc(Cc2ccc(F)cc2)s1)c1sccc1C1CC1. The van der Waals surface area contributed by atoms with Crippen LogP contribution in [0.4, 0.5) is 9.52 Å². The molecule has 1 aliphatic rings. The molecule has 1 aliphatic carbocycles. The van der Waals surface area contributed by atoms with Crippen LogP contribution in [0.5, 0.6) is 0 Å². The average molecular weight is 358 g/mol. The third-order valence-electron chi connectivity index (χ3n) is 3.98. The lowest BCUT2D eigenvalue weighted by Crippen LogP contribution is -2.11. The number of carbonyl (C=O) groups is 1. The van der Waals surface area contributed by atoms with Crippen molar-refractivity contribution in [3.63, 3.8) is 0 Å². The van der Waals surface area contributed by atoms with Crippen molar-refractivity contribution in [2.24, 2.45) is 0 Å². The van der Waals surface area contributed by atoms with Crippen molar-refractivity contribution in [3.05, 3.63) is 68.6 Å². The zero-order chi connectivity index (χ0) is 16.5. The third kappa shape index (κ3) is 3.39. The molecule has 1 aromatic carbocycles. The summed E-state index contributed by atoms with van der Waals surface area (Å²) < 4.78 is 12.9. The number of hydrogen-bond acceptors (Lipinski definition) is 4. The largest absolute Gasteiger partial charge is 0.297 e. The molecule has 6 heteroatoms. The Bertz CT molecular complexity index is 865. The number of rotatable bonds is 5. The molecular formula is C18H15FN2OS2. The number of amides is 1. The quantitative estimate of drug-likeness (QED) is 0.692. The Morgan fingerprint density at radius 1 is 1.25 bits per heavy atom. The van der Waals surface area contributed by atoms with Crippen LogP contribution in [-0.4, -0.2) is 10.9 Å². The van der Waals surface area contributed by atoms with E-state index in [4.69, 9.17) is 0 Å². The first-order valence-electron chi connectivity index (χ1n) is 7.77. The predicted octanol–water partition coefficient (Wildman–Crippen LogP) is 5.06. The fraction of sp³-hybridized carbons (Fsp3) is 0.222. The lowest BCUT2D eigenvalue weighted by atomic mass is 10.1. The Morgan fingerprint density at radius 2 is 2.04 bits per heavy atom. The highest BCUT2D eigenvalue weighted by Crippen LogP contribution is 2.43. The van der Waals surface area contributed by atoms with Gasteiger partial charge in [0.05, 0.1) is 4.88 Å². The van der Waals surface area contributed by atoms with Gasteiger partial charge in [0.25, 0.3) is 5.91 Å². The van der Waals surface area contributed by atoms with Crippen molar-refractivity contribution in [2.75, 3.05) is 5.32 Å². The number of benzene rings is 1. The average Bonchev–Trinajstić information content (AvgIpc) is 3.13. The summed E-state index contributed by atoms with van der Waals surface area (Å²) in [5.41, 5.74) is 2.19. The van der Waals surface area contributed by atoms with Crippen LogP contribution < -0.4 is 5.32 Å². The van der Waals surface area contributed by atoms with Gasteiger partial charge in [-0.2, -0.15) is 0 Å². The first-order valence-corrected chi connectivity index (χ1v) is 9.46. The summed E-state index contributed by atoms with van der Waals surface area (Å²) >= 11 is 2.94. The number of nitrogens with zero attached hydrogens (tertiary/aromatic N) is 1. The van der Waals surface area contributed by atoms with Crippen molar-refractivity contribution in [1.82, 2.24) is 4.98 Å². The van der Waals surface area contributed by atoms with Gasteiger partial charge in [-0.1, -0.05) is 12.1 Å². The van der Waals surface area contributed by atoms with E-state index in [1.165, 1.54) is 53.2 Å². The van der Waals surface area contributed by atoms with Gasteiger partial charge in [-0.15, -0.1) is 22.7 Å². The lowest BCUT2D eigenvalue weighted by molar-refractivity contribution is 0.102. The molecule has 1 saturated carbocycles. The number of anilines is 1. The number of carbonyl (C=O) groups excluding carboxylic acids is 1. The van der Waals surface area contributed by atoms with Crippen molar-refractivity contribution >= 4 is 33.7 Å². The summed E-state index contributed by atoms with van der Waals surface area (Å²) in [6.45, 7) is 0. The molecule has 4 rings (SSSR count). The Morgan fingerprint density at radius 3 is 2.79 bits per heavy atom. The van der Waals surface area contributed by atoms with Crippen LogP contribution in [0.25, 0.3) is 0 Å². The maximum Gasteiger partial charge on any atom is 0.267 e. The molecule has 2 aromatic heterocycles. The highest BCUT2D eigenvalue weighted by atomic mass is 32.1. The number of thiophene rings is 1. The van der Waals surface area contributed by atoms with E-state index in [0.717, 1.165) is 15.3 Å². The van der Waals surface area contributed by atoms with Crippen LogP contribution in [0.3, 0.4) is 0 Å². The summed E-state index contributed by atoms with van der Waals surface area (Å²) in [6, 6.07) is 8.49. The standard InChI is InChI=1S/C18H15FN2OS2/c19-13-5-1-11(2-6-13)9-14-10-20-18(24-14)21-17(22)16-15(7-8-23-16)12-3-4-12/h1-2,5-8,10,12H,3-4,9H2,(H,20,21,22). The minimum absolute atomic E-state index is 0.0745. The molecule has 0 unspecified atom stereocenters. The Hall–Kier alpha value is -2.05. The summed E-state index contributed by atoms with van der Waals surface area (Å²) in [4.78, 5) is 18.6. The van der Waals surface area contributed by atoms with Crippen LogP contribution in [0.15, 0.2) is 41.9 Å². The van der Waals surface area contributed by atoms with Gasteiger partial charge in [-0.05, 0) is 53.5 Å². The number of aromatic nitrogens is 1. The molecule has 1 N–H and O–H groups in total. The molecule has 0 radical (unpaired) electrons. The molecule has 0 bridgehead atoms. The van der Waals surface area contributed by atoms with Crippen LogP contribution in [0, 0.1) is 5.82 Å². The molecule has 24 heavy (non-hydrogen) atoms. The molecule has 1 fully saturated rings. The van der Waals surface area contributed by atoms with Gasteiger partial charge >= 0.3 is 0 Å². The highest BCUT2D eigenvalue weighted by molar-refractivity contribution is 7.16. The second-order valence-corrected chi connectivity index (χ2v) is 7.90. The van der Waals surface area contributed by atoms with E-state index in [-0.39, 0.29) is 11.7 Å². The molecule has 0 aliphatic heterocycles. The Kier molecular flexibility index (Phi) is 4.16. The Balaban J connectivity index is 1.44. The van der Waals surface area contributed by atoms with E-state index in [2.05, 4.69) is 16.4 Å². The first kappa shape index (κ1) is 15.5. The van der Waals surface area contributed by atoms with Crippen molar-refractivity contribution < 1.29 is 9.18 Å². The summed E-state index contributed by atoms with van der Waals surface area (Å²) in [7, 11) is 0. The molecule has 122 valence electrons. The topological polar surface area (TPSA) is 42.0 Å². The van der Waals surface area contributed by atoms with Gasteiger partial charge in [0.1, 0.15) is 5.82 Å². The monoisotopic (exact) mass is 358 g/mol. The van der Waals surface area contributed by atoms with E-state index < -0.39 is 0 Å². The molecule has 3 nitrogen and oxygen atoms in total. The summed E-state index contributed by atoms with van der Waals surface area (Å²) in [5.74, 6) is 0.246. The van der Waals surface area contributed by atoms with Crippen molar-refractivity contribution in [2.45, 2.75) is 25.2 Å². The van der Waals surface area contributed by atoms with E-state index in [9.17, 15) is 9.18 Å². The second kappa shape index (κ2) is 6.45. The zero-order valence-corrected chi connectivity index (χ0v) is 14.4. The number of hydrogen-bond donors (Lipinski definition) is 1. The van der Waals surface area contributed by atoms with Gasteiger partial charge in [0.2, 0.25) is 0 Å². The van der Waals surface area contributed by atoms with Gasteiger partial charge in [-0.25, -0.2) is 9.37 Å². The Labute approximate surface area is 147 Å². The van der Waals surface area contributed by atoms with Gasteiger partial charge in [-0.3, -0.25) is 10.1 Å². The minimum atomic E-state index is -0.238. The van der Waals surface area contributed by atoms with Crippen molar-refractivity contribution in [3.8, 4) is 0 Å². The second-order valence-electron chi connectivity index (χ2n) is 5.87. The van der Waals surface area contributed by atoms with Crippen molar-refractivity contribution in [1.29, 1.82) is 0 Å². The number of nitrogens with one attached hydrogen (secondary N) is 1. The normalized spacial score (nSPS) is 13.9. The molecule has 0 saturated heterocycles. The molecular weight excluding hydrogens is 343 g/mol. The fourth-order valence-electron chi connectivity index (χ4n) is 2.62. The smallest absolute Gasteiger partial charge is 0.267 e. The summed E-state index contributed by atoms with van der Waals surface area (Å²) in [5, 5.41) is 5.48. The van der Waals surface area contributed by atoms with Crippen LogP contribution in [0.1, 0.15) is 44.4 Å². The van der Waals surface area contributed by atoms with Gasteiger partial charge in [0.15, 0.2) is 5.13 Å². The van der Waals surface area contributed by atoms with Crippen LogP contribution >= 0.6 is 22.7 Å². The number of halogens is 1. The van der Waals surface area contributed by atoms with E-state index in [1.807, 2.05) is 5.38 Å². The maximum atomic E-state index is 12.9. The van der Waals surface area contributed by atoms with Crippen LogP contribution in [0.2, 0.25) is 0 Å². The molecule has 1 amide bonds.